The monoisotopic (exact) mass is 265 g/mol. The Labute approximate surface area is 109 Å². The predicted molar refractivity (Wildman–Crippen MR) is 64.8 cm³/mol. The van der Waals surface area contributed by atoms with Crippen LogP contribution in [0.3, 0.4) is 0 Å². The Morgan fingerprint density at radius 2 is 2.21 bits per heavy atom. The van der Waals surface area contributed by atoms with Crippen molar-refractivity contribution in [3.8, 4) is 6.07 Å². The van der Waals surface area contributed by atoms with Crippen molar-refractivity contribution in [2.75, 3.05) is 6.54 Å². The first kappa shape index (κ1) is 14.6. The molecule has 7 heteroatoms. The molecule has 0 saturated carbocycles. The van der Waals surface area contributed by atoms with Crippen molar-refractivity contribution < 1.29 is 14.1 Å². The van der Waals surface area contributed by atoms with Crippen LogP contribution >= 0.6 is 0 Å². The number of hydrogen-bond donors (Lipinski definition) is 1. The third-order valence-corrected chi connectivity index (χ3v) is 2.40. The van der Waals surface area contributed by atoms with Gasteiger partial charge in [-0.25, -0.2) is 0 Å². The Hall–Kier alpha value is -2.49. The number of carbonyl (C=O) groups excluding carboxylic acids is 1. The fraction of sp³-hybridized carbons (Fsp3) is 0.333. The number of amides is 1. The Morgan fingerprint density at radius 3 is 2.68 bits per heavy atom. The molecule has 0 spiro atoms. The molecule has 0 fully saturated rings. The lowest BCUT2D eigenvalue weighted by atomic mass is 9.96. The van der Waals surface area contributed by atoms with Gasteiger partial charge in [-0.15, -0.1) is 0 Å². The summed E-state index contributed by atoms with van der Waals surface area (Å²) in [5.74, 6) is -1.66. The van der Waals surface area contributed by atoms with Crippen molar-refractivity contribution >= 4 is 11.6 Å². The topological polar surface area (TPSA) is 96.0 Å². The summed E-state index contributed by atoms with van der Waals surface area (Å²) >= 11 is 0. The van der Waals surface area contributed by atoms with E-state index in [9.17, 15) is 19.3 Å². The van der Waals surface area contributed by atoms with E-state index in [2.05, 4.69) is 5.32 Å². The van der Waals surface area contributed by atoms with Gasteiger partial charge < -0.3 is 5.32 Å². The Kier molecular flexibility index (Phi) is 4.17. The van der Waals surface area contributed by atoms with E-state index in [-0.39, 0.29) is 12.1 Å². The van der Waals surface area contributed by atoms with Crippen molar-refractivity contribution in [1.82, 2.24) is 5.32 Å². The molecule has 6 nitrogen and oxygen atoms in total. The van der Waals surface area contributed by atoms with Gasteiger partial charge in [-0.3, -0.25) is 14.9 Å². The second-order valence-electron chi connectivity index (χ2n) is 4.60. The number of nitrogens with zero attached hydrogens (tertiary/aromatic N) is 2. The Bertz CT molecular complexity index is 564. The second kappa shape index (κ2) is 5.44. The average molecular weight is 265 g/mol. The maximum Gasteiger partial charge on any atom is 0.304 e. The van der Waals surface area contributed by atoms with E-state index in [0.717, 1.165) is 18.2 Å². The summed E-state index contributed by atoms with van der Waals surface area (Å²) in [5, 5.41) is 21.7. The molecule has 0 aliphatic carbocycles. The number of benzene rings is 1. The van der Waals surface area contributed by atoms with Crippen LogP contribution in [0.5, 0.6) is 0 Å². The smallest absolute Gasteiger partial charge is 0.304 e. The summed E-state index contributed by atoms with van der Waals surface area (Å²) in [5.41, 5.74) is -1.46. The quantitative estimate of drug-likeness (QED) is 0.665. The molecule has 1 rings (SSSR count). The highest BCUT2D eigenvalue weighted by atomic mass is 19.1. The van der Waals surface area contributed by atoms with Crippen molar-refractivity contribution in [3.05, 3.63) is 39.7 Å². The molecule has 0 saturated heterocycles. The maximum absolute atomic E-state index is 13.3. The molecular formula is C12H12FN3O3. The lowest BCUT2D eigenvalue weighted by molar-refractivity contribution is -0.387. The highest BCUT2D eigenvalue weighted by Crippen LogP contribution is 2.18. The molecule has 1 amide bonds. The molecule has 0 unspecified atom stereocenters. The van der Waals surface area contributed by atoms with Gasteiger partial charge in [-0.1, -0.05) is 0 Å². The van der Waals surface area contributed by atoms with Crippen molar-refractivity contribution in [2.24, 2.45) is 5.41 Å². The number of nitrogens with one attached hydrogen (secondary N) is 1. The largest absolute Gasteiger partial charge is 0.350 e. The van der Waals surface area contributed by atoms with E-state index in [1.165, 1.54) is 0 Å². The summed E-state index contributed by atoms with van der Waals surface area (Å²) in [6, 6.07) is 4.90. The van der Waals surface area contributed by atoms with Crippen LogP contribution in [0.4, 0.5) is 10.1 Å². The minimum absolute atomic E-state index is 0.0307. The fourth-order valence-corrected chi connectivity index (χ4v) is 1.24. The van der Waals surface area contributed by atoms with Crippen LogP contribution in [0.1, 0.15) is 24.2 Å². The number of nitro benzene ring substituents is 1. The lowest BCUT2D eigenvalue weighted by Gasteiger charge is -2.15. The fourth-order valence-electron chi connectivity index (χ4n) is 1.24. The van der Waals surface area contributed by atoms with Crippen LogP contribution in [0.2, 0.25) is 0 Å². The van der Waals surface area contributed by atoms with Crippen LogP contribution in [-0.4, -0.2) is 17.4 Å². The van der Waals surface area contributed by atoms with Gasteiger partial charge in [0.1, 0.15) is 0 Å². The minimum Gasteiger partial charge on any atom is -0.350 e. The molecule has 1 aromatic carbocycles. The summed E-state index contributed by atoms with van der Waals surface area (Å²) < 4.78 is 13.3. The first-order valence-electron chi connectivity index (χ1n) is 5.40. The summed E-state index contributed by atoms with van der Waals surface area (Å²) in [6.45, 7) is 3.38. The predicted octanol–water partition coefficient (Wildman–Crippen LogP) is 2.01. The molecular weight excluding hydrogens is 253 g/mol. The molecule has 1 N–H and O–H groups in total. The average Bonchev–Trinajstić information content (AvgIpc) is 2.35. The lowest BCUT2D eigenvalue weighted by Crippen LogP contribution is -2.33. The molecule has 0 atom stereocenters. The highest BCUT2D eigenvalue weighted by Gasteiger charge is 2.20. The van der Waals surface area contributed by atoms with E-state index in [1.807, 2.05) is 6.07 Å². The normalized spacial score (nSPS) is 10.6. The van der Waals surface area contributed by atoms with E-state index >= 15 is 0 Å². The van der Waals surface area contributed by atoms with Gasteiger partial charge >= 0.3 is 5.69 Å². The van der Waals surface area contributed by atoms with Crippen LogP contribution < -0.4 is 5.32 Å². The zero-order chi connectivity index (χ0) is 14.6. The van der Waals surface area contributed by atoms with Crippen LogP contribution in [-0.2, 0) is 0 Å². The number of rotatable bonds is 4. The third kappa shape index (κ3) is 3.74. The summed E-state index contributed by atoms with van der Waals surface area (Å²) in [7, 11) is 0. The molecule has 1 aromatic rings. The van der Waals surface area contributed by atoms with E-state index in [4.69, 9.17) is 5.26 Å². The van der Waals surface area contributed by atoms with Gasteiger partial charge in [-0.05, 0) is 26.0 Å². The van der Waals surface area contributed by atoms with Crippen LogP contribution in [0, 0.1) is 32.7 Å². The van der Waals surface area contributed by atoms with Crippen molar-refractivity contribution in [1.29, 1.82) is 5.26 Å². The van der Waals surface area contributed by atoms with Gasteiger partial charge in [0.25, 0.3) is 5.91 Å². The number of carbonyl (C=O) groups is 1. The van der Waals surface area contributed by atoms with Gasteiger partial charge in [0, 0.05) is 18.2 Å². The minimum atomic E-state index is -1.07. The van der Waals surface area contributed by atoms with Crippen LogP contribution in [0.15, 0.2) is 18.2 Å². The first-order chi connectivity index (χ1) is 8.76. The highest BCUT2D eigenvalue weighted by molar-refractivity contribution is 5.94. The SMILES string of the molecule is CC(C)(C#N)CNC(=O)c1ccc([N+](=O)[O-])c(F)c1. The molecule has 0 aromatic heterocycles. The Balaban J connectivity index is 2.82. The third-order valence-electron chi connectivity index (χ3n) is 2.40. The molecule has 0 radical (unpaired) electrons. The molecule has 0 bridgehead atoms. The summed E-state index contributed by atoms with van der Waals surface area (Å²) in [4.78, 5) is 21.2. The molecule has 0 aliphatic heterocycles. The molecule has 0 aliphatic rings. The van der Waals surface area contributed by atoms with E-state index < -0.39 is 27.8 Å². The van der Waals surface area contributed by atoms with Crippen molar-refractivity contribution in [3.63, 3.8) is 0 Å². The molecule has 19 heavy (non-hydrogen) atoms. The number of hydrogen-bond acceptors (Lipinski definition) is 4. The van der Waals surface area contributed by atoms with Crippen molar-refractivity contribution in [2.45, 2.75) is 13.8 Å². The zero-order valence-corrected chi connectivity index (χ0v) is 10.4. The standard InChI is InChI=1S/C12H12FN3O3/c1-12(2,6-14)7-15-11(17)8-3-4-10(16(18)19)9(13)5-8/h3-5H,7H2,1-2H3,(H,15,17). The first-order valence-corrected chi connectivity index (χ1v) is 5.40. The number of halogens is 1. The van der Waals surface area contributed by atoms with Gasteiger partial charge in [-0.2, -0.15) is 9.65 Å². The number of nitro groups is 1. The van der Waals surface area contributed by atoms with Gasteiger partial charge in [0.05, 0.1) is 16.4 Å². The molecule has 0 heterocycles. The van der Waals surface area contributed by atoms with Gasteiger partial charge in [0.15, 0.2) is 0 Å². The van der Waals surface area contributed by atoms with E-state index in [0.29, 0.717) is 0 Å². The molecule has 100 valence electrons. The van der Waals surface area contributed by atoms with Gasteiger partial charge in [0.2, 0.25) is 5.82 Å². The summed E-state index contributed by atoms with van der Waals surface area (Å²) in [6.07, 6.45) is 0. The number of nitriles is 1. The maximum atomic E-state index is 13.3. The Morgan fingerprint density at radius 1 is 1.58 bits per heavy atom. The van der Waals surface area contributed by atoms with Crippen LogP contribution in [0.25, 0.3) is 0 Å². The van der Waals surface area contributed by atoms with E-state index in [1.54, 1.807) is 13.8 Å². The second-order valence-corrected chi connectivity index (χ2v) is 4.60. The zero-order valence-electron chi connectivity index (χ0n) is 10.4.